The number of nitrogens with one attached hydrogen (secondary N) is 2. The number of aromatic nitrogens is 6. The Bertz CT molecular complexity index is 1070. The first kappa shape index (κ1) is 17.3. The molecular formula is C19H21N7O. The topological polar surface area (TPSA) is 105 Å². The van der Waals surface area contributed by atoms with E-state index in [4.69, 9.17) is 0 Å². The summed E-state index contributed by atoms with van der Waals surface area (Å²) in [5.41, 5.74) is 2.02. The highest BCUT2D eigenvalue weighted by molar-refractivity contribution is 5.77. The zero-order valence-corrected chi connectivity index (χ0v) is 15.4. The van der Waals surface area contributed by atoms with Crippen molar-refractivity contribution >= 4 is 11.0 Å². The third-order valence-corrected chi connectivity index (χ3v) is 4.32. The van der Waals surface area contributed by atoms with Gasteiger partial charge in [-0.05, 0) is 39.0 Å². The third kappa shape index (κ3) is 3.32. The Hall–Kier alpha value is -3.10. The predicted octanol–water partition coefficient (Wildman–Crippen LogP) is 2.37. The monoisotopic (exact) mass is 363 g/mol. The maximum atomic E-state index is 10.7. The molecule has 1 aromatic carbocycles. The van der Waals surface area contributed by atoms with Crippen LogP contribution in [0.5, 0.6) is 0 Å². The summed E-state index contributed by atoms with van der Waals surface area (Å²) in [7, 11) is 0. The van der Waals surface area contributed by atoms with E-state index in [1.165, 1.54) is 6.33 Å². The average molecular weight is 363 g/mol. The number of hydrogen-bond acceptors (Lipinski definition) is 6. The van der Waals surface area contributed by atoms with Crippen molar-refractivity contribution < 1.29 is 5.11 Å². The zero-order valence-electron chi connectivity index (χ0n) is 15.4. The fraction of sp³-hybridized carbons (Fsp3) is 0.263. The first-order valence-corrected chi connectivity index (χ1v) is 8.74. The molecule has 3 N–H and O–H groups in total. The highest BCUT2D eigenvalue weighted by atomic mass is 16.3. The van der Waals surface area contributed by atoms with Gasteiger partial charge in [0.05, 0.1) is 11.9 Å². The van der Waals surface area contributed by atoms with Gasteiger partial charge >= 0.3 is 0 Å². The minimum atomic E-state index is -1.16. The van der Waals surface area contributed by atoms with Crippen LogP contribution in [0.25, 0.3) is 28.1 Å². The van der Waals surface area contributed by atoms with E-state index < -0.39 is 5.72 Å². The molecule has 0 radical (unpaired) electrons. The molecule has 4 aromatic rings. The number of hydrogen-bond donors (Lipinski definition) is 3. The van der Waals surface area contributed by atoms with Crippen molar-refractivity contribution in [3.63, 3.8) is 0 Å². The molecule has 8 heteroatoms. The Morgan fingerprint density at radius 1 is 1.19 bits per heavy atom. The van der Waals surface area contributed by atoms with Crippen molar-refractivity contribution in [1.29, 1.82) is 0 Å². The number of rotatable bonds is 5. The molecule has 0 saturated carbocycles. The fourth-order valence-electron chi connectivity index (χ4n) is 3.15. The van der Waals surface area contributed by atoms with Gasteiger partial charge in [-0.25, -0.2) is 14.6 Å². The normalized spacial score (nSPS) is 14.0. The molecule has 0 amide bonds. The molecular weight excluding hydrogens is 342 g/mol. The van der Waals surface area contributed by atoms with Crippen LogP contribution in [0.4, 0.5) is 0 Å². The van der Waals surface area contributed by atoms with E-state index in [9.17, 15) is 5.11 Å². The molecule has 0 aliphatic carbocycles. The van der Waals surface area contributed by atoms with Crippen molar-refractivity contribution in [2.45, 2.75) is 32.5 Å². The number of nitrogens with zero attached hydrogens (tertiary/aromatic N) is 5. The lowest BCUT2D eigenvalue weighted by molar-refractivity contribution is 0.0116. The summed E-state index contributed by atoms with van der Waals surface area (Å²) in [6.45, 7) is 5.70. The van der Waals surface area contributed by atoms with Gasteiger partial charge in [0.15, 0.2) is 11.5 Å². The Labute approximate surface area is 156 Å². The Morgan fingerprint density at radius 2 is 2.04 bits per heavy atom. The highest BCUT2D eigenvalue weighted by Crippen LogP contribution is 2.24. The van der Waals surface area contributed by atoms with Gasteiger partial charge in [0.1, 0.15) is 12.1 Å². The Kier molecular flexibility index (Phi) is 4.21. The number of H-pyrrole nitrogens is 1. The van der Waals surface area contributed by atoms with Gasteiger partial charge in [-0.15, -0.1) is 0 Å². The number of pyridine rings is 1. The summed E-state index contributed by atoms with van der Waals surface area (Å²) in [5, 5.41) is 25.9. The molecule has 0 aliphatic rings. The maximum Gasteiger partial charge on any atom is 0.162 e. The van der Waals surface area contributed by atoms with Crippen LogP contribution in [0.3, 0.4) is 0 Å². The van der Waals surface area contributed by atoms with Gasteiger partial charge in [-0.2, -0.15) is 10.2 Å². The molecule has 8 nitrogen and oxygen atoms in total. The second-order valence-corrected chi connectivity index (χ2v) is 6.95. The van der Waals surface area contributed by atoms with E-state index in [1.807, 2.05) is 44.2 Å². The molecule has 1 unspecified atom stereocenters. The molecule has 0 fully saturated rings. The van der Waals surface area contributed by atoms with Crippen LogP contribution in [0.2, 0.25) is 0 Å². The molecule has 0 bridgehead atoms. The summed E-state index contributed by atoms with van der Waals surface area (Å²) in [4.78, 5) is 8.73. The van der Waals surface area contributed by atoms with Gasteiger partial charge in [0, 0.05) is 28.8 Å². The molecule has 3 aromatic heterocycles. The second kappa shape index (κ2) is 6.57. The fourth-order valence-corrected chi connectivity index (χ4v) is 3.15. The minimum absolute atomic E-state index is 0.136. The van der Waals surface area contributed by atoms with E-state index in [-0.39, 0.29) is 6.04 Å². The van der Waals surface area contributed by atoms with Crippen molar-refractivity contribution in [1.82, 2.24) is 35.3 Å². The lowest BCUT2D eigenvalue weighted by Crippen LogP contribution is -2.43. The van der Waals surface area contributed by atoms with E-state index in [2.05, 4.69) is 30.6 Å². The van der Waals surface area contributed by atoms with Crippen molar-refractivity contribution in [3.8, 4) is 17.1 Å². The molecule has 3 heterocycles. The number of aromatic amines is 1. The van der Waals surface area contributed by atoms with Gasteiger partial charge < -0.3 is 5.11 Å². The zero-order chi connectivity index (χ0) is 19.0. The molecule has 0 saturated heterocycles. The highest BCUT2D eigenvalue weighted by Gasteiger charge is 2.24. The van der Waals surface area contributed by atoms with Gasteiger partial charge in [0.25, 0.3) is 0 Å². The number of aliphatic hydroxyl groups is 1. The Morgan fingerprint density at radius 3 is 2.78 bits per heavy atom. The first-order chi connectivity index (χ1) is 12.9. The SMILES string of the molecule is CC(C)NC(C)(O)c1cnc2c(cnn2-c2cccc(-c3ncn[nH]3)c2)c1. The molecule has 138 valence electrons. The molecule has 0 aliphatic heterocycles. The smallest absolute Gasteiger partial charge is 0.162 e. The van der Waals surface area contributed by atoms with E-state index in [1.54, 1.807) is 24.0 Å². The van der Waals surface area contributed by atoms with Crippen LogP contribution < -0.4 is 5.32 Å². The van der Waals surface area contributed by atoms with Gasteiger partial charge in [-0.1, -0.05) is 12.1 Å². The Balaban J connectivity index is 1.73. The van der Waals surface area contributed by atoms with Crippen LogP contribution in [0.1, 0.15) is 26.3 Å². The number of fused-ring (bicyclic) bond motifs is 1. The van der Waals surface area contributed by atoms with Crippen LogP contribution in [-0.2, 0) is 5.72 Å². The summed E-state index contributed by atoms with van der Waals surface area (Å²) >= 11 is 0. The second-order valence-electron chi connectivity index (χ2n) is 6.95. The minimum Gasteiger partial charge on any atom is -0.372 e. The summed E-state index contributed by atoms with van der Waals surface area (Å²) < 4.78 is 1.77. The van der Waals surface area contributed by atoms with Crippen LogP contribution >= 0.6 is 0 Å². The largest absolute Gasteiger partial charge is 0.372 e. The quantitative estimate of drug-likeness (QED) is 0.470. The van der Waals surface area contributed by atoms with Gasteiger partial charge in [-0.3, -0.25) is 10.4 Å². The molecule has 1 atom stereocenters. The van der Waals surface area contributed by atoms with E-state index in [0.29, 0.717) is 17.0 Å². The van der Waals surface area contributed by atoms with Crippen LogP contribution in [0.15, 0.2) is 49.1 Å². The van der Waals surface area contributed by atoms with E-state index in [0.717, 1.165) is 16.6 Å². The van der Waals surface area contributed by atoms with Crippen molar-refractivity contribution in [2.24, 2.45) is 0 Å². The van der Waals surface area contributed by atoms with Crippen LogP contribution in [0, 0.1) is 0 Å². The van der Waals surface area contributed by atoms with E-state index >= 15 is 0 Å². The summed E-state index contributed by atoms with van der Waals surface area (Å²) in [5.74, 6) is 0.694. The van der Waals surface area contributed by atoms with Crippen molar-refractivity contribution in [2.75, 3.05) is 0 Å². The molecule has 0 spiro atoms. The molecule has 4 rings (SSSR count). The van der Waals surface area contributed by atoms with Crippen molar-refractivity contribution in [3.05, 3.63) is 54.6 Å². The summed E-state index contributed by atoms with van der Waals surface area (Å²) in [6, 6.07) is 9.86. The predicted molar refractivity (Wildman–Crippen MR) is 102 cm³/mol. The number of benzene rings is 1. The lowest BCUT2D eigenvalue weighted by Gasteiger charge is -2.27. The van der Waals surface area contributed by atoms with Gasteiger partial charge in [0.2, 0.25) is 0 Å². The van der Waals surface area contributed by atoms with Crippen LogP contribution in [-0.4, -0.2) is 41.1 Å². The lowest BCUT2D eigenvalue weighted by atomic mass is 10.1. The molecule has 27 heavy (non-hydrogen) atoms. The average Bonchev–Trinajstić information content (AvgIpc) is 3.30. The maximum absolute atomic E-state index is 10.7. The first-order valence-electron chi connectivity index (χ1n) is 8.74. The summed E-state index contributed by atoms with van der Waals surface area (Å²) in [6.07, 6.45) is 4.90. The third-order valence-electron chi connectivity index (χ3n) is 4.32. The standard InChI is InChI=1S/C19H21N7O/c1-12(2)24-19(3,27)15-7-14-9-23-26(18(14)20-10-15)16-6-4-5-13(8-16)17-21-11-22-25-17/h4-12,24,27H,1-3H3,(H,21,22,25).